The van der Waals surface area contributed by atoms with Gasteiger partial charge < -0.3 is 4.74 Å². The van der Waals surface area contributed by atoms with Crippen LogP contribution in [0.4, 0.5) is 0 Å². The highest BCUT2D eigenvalue weighted by molar-refractivity contribution is 6.10. The number of hydrogen-bond acceptors (Lipinski definition) is 3. The van der Waals surface area contributed by atoms with Gasteiger partial charge in [0.2, 0.25) is 0 Å². The number of unbranched alkanes of at least 4 members (excludes halogenated alkanes) is 6. The van der Waals surface area contributed by atoms with Crippen molar-refractivity contribution in [1.29, 1.82) is 0 Å². The summed E-state index contributed by atoms with van der Waals surface area (Å²) in [7, 11) is 0. The molecule has 0 unspecified atom stereocenters. The van der Waals surface area contributed by atoms with Crippen LogP contribution < -0.4 is 0 Å². The van der Waals surface area contributed by atoms with Gasteiger partial charge in [0.1, 0.15) is 0 Å². The molecular weight excluding hydrogens is 216 g/mol. The van der Waals surface area contributed by atoms with Crippen LogP contribution in [0, 0.1) is 0 Å². The van der Waals surface area contributed by atoms with E-state index in [9.17, 15) is 9.59 Å². The van der Waals surface area contributed by atoms with E-state index in [0.29, 0.717) is 5.57 Å². The average molecular weight is 236 g/mol. The number of esters is 2. The lowest BCUT2D eigenvalue weighted by Gasteiger charge is -1.97. The Morgan fingerprint density at radius 3 is 2.47 bits per heavy atom. The molecule has 0 amide bonds. The maximum absolute atomic E-state index is 11.1. The second kappa shape index (κ2) is 7.82. The average Bonchev–Trinajstić information content (AvgIpc) is 2.61. The topological polar surface area (TPSA) is 43.4 Å². The van der Waals surface area contributed by atoms with E-state index in [4.69, 9.17) is 0 Å². The van der Waals surface area contributed by atoms with E-state index < -0.39 is 11.9 Å². The fourth-order valence-corrected chi connectivity index (χ4v) is 1.73. The monoisotopic (exact) mass is 236 g/mol. The second-order valence-corrected chi connectivity index (χ2v) is 4.27. The third kappa shape index (κ3) is 5.48. The zero-order valence-electron chi connectivity index (χ0n) is 10.4. The first-order valence-electron chi connectivity index (χ1n) is 6.38. The van der Waals surface area contributed by atoms with Crippen LogP contribution in [0.15, 0.2) is 23.8 Å². The maximum Gasteiger partial charge on any atom is 0.346 e. The van der Waals surface area contributed by atoms with Gasteiger partial charge in [0.25, 0.3) is 0 Å². The summed E-state index contributed by atoms with van der Waals surface area (Å²) in [4.78, 5) is 21.8. The molecule has 0 saturated carbocycles. The molecular formula is C14H20O3. The summed E-state index contributed by atoms with van der Waals surface area (Å²) in [5.41, 5.74) is 0.362. The van der Waals surface area contributed by atoms with Gasteiger partial charge in [0.15, 0.2) is 0 Å². The van der Waals surface area contributed by atoms with E-state index in [2.05, 4.69) is 11.7 Å². The van der Waals surface area contributed by atoms with Crippen LogP contribution in [0.25, 0.3) is 0 Å². The van der Waals surface area contributed by atoms with Gasteiger partial charge in [-0.05, 0) is 12.8 Å². The highest BCUT2D eigenvalue weighted by atomic mass is 16.6. The van der Waals surface area contributed by atoms with Crippen LogP contribution in [0.3, 0.4) is 0 Å². The molecule has 1 aliphatic rings. The first-order valence-corrected chi connectivity index (χ1v) is 6.38. The van der Waals surface area contributed by atoms with Crippen molar-refractivity contribution in [2.75, 3.05) is 0 Å². The van der Waals surface area contributed by atoms with Gasteiger partial charge in [-0.2, -0.15) is 0 Å². The van der Waals surface area contributed by atoms with E-state index in [1.54, 1.807) is 6.08 Å². The Morgan fingerprint density at radius 1 is 1.12 bits per heavy atom. The molecule has 0 N–H and O–H groups in total. The number of allylic oxidation sites excluding steroid dienone is 1. The Kier molecular flexibility index (Phi) is 6.30. The third-order valence-corrected chi connectivity index (χ3v) is 2.72. The lowest BCUT2D eigenvalue weighted by atomic mass is 10.1. The van der Waals surface area contributed by atoms with Gasteiger partial charge in [0.05, 0.1) is 5.57 Å². The summed E-state index contributed by atoms with van der Waals surface area (Å²) in [6.07, 6.45) is 13.3. The van der Waals surface area contributed by atoms with E-state index in [1.807, 2.05) is 6.08 Å². The lowest BCUT2D eigenvalue weighted by molar-refractivity contribution is -0.150. The molecule has 0 radical (unpaired) electrons. The van der Waals surface area contributed by atoms with Crippen molar-refractivity contribution >= 4 is 11.9 Å². The Bertz CT molecular complexity index is 326. The summed E-state index contributed by atoms with van der Waals surface area (Å²) in [6.45, 7) is 2.21. The second-order valence-electron chi connectivity index (χ2n) is 4.27. The van der Waals surface area contributed by atoms with E-state index in [0.717, 1.165) is 12.8 Å². The number of cyclic esters (lactones) is 2. The fraction of sp³-hybridized carbons (Fsp3) is 0.571. The van der Waals surface area contributed by atoms with Crippen LogP contribution in [0.5, 0.6) is 0 Å². The van der Waals surface area contributed by atoms with Gasteiger partial charge in [-0.3, -0.25) is 0 Å². The van der Waals surface area contributed by atoms with Crippen molar-refractivity contribution in [3.63, 3.8) is 0 Å². The van der Waals surface area contributed by atoms with E-state index >= 15 is 0 Å². The minimum Gasteiger partial charge on any atom is -0.386 e. The van der Waals surface area contributed by atoms with Crippen molar-refractivity contribution < 1.29 is 14.3 Å². The molecule has 3 heteroatoms. The fourth-order valence-electron chi connectivity index (χ4n) is 1.73. The quantitative estimate of drug-likeness (QED) is 0.369. The molecule has 0 bridgehead atoms. The number of rotatable bonds is 8. The first-order chi connectivity index (χ1) is 8.24. The van der Waals surface area contributed by atoms with Gasteiger partial charge in [-0.15, -0.1) is 0 Å². The van der Waals surface area contributed by atoms with Crippen LogP contribution in [0.2, 0.25) is 0 Å². The smallest absolute Gasteiger partial charge is 0.346 e. The van der Waals surface area contributed by atoms with Crippen molar-refractivity contribution in [2.24, 2.45) is 0 Å². The Balaban J connectivity index is 2.08. The highest BCUT2D eigenvalue weighted by Gasteiger charge is 2.20. The third-order valence-electron chi connectivity index (χ3n) is 2.72. The van der Waals surface area contributed by atoms with Crippen molar-refractivity contribution in [3.05, 3.63) is 23.8 Å². The van der Waals surface area contributed by atoms with Crippen molar-refractivity contribution in [1.82, 2.24) is 0 Å². The molecule has 0 fully saturated rings. The largest absolute Gasteiger partial charge is 0.386 e. The maximum atomic E-state index is 11.1. The standard InChI is InChI=1S/C14H20O3/c1-2-3-4-5-6-7-8-9-10-12-11-13(15)17-14(12)16/h9-11H,2-8H2,1H3. The van der Waals surface area contributed by atoms with E-state index in [-0.39, 0.29) is 0 Å². The van der Waals surface area contributed by atoms with Gasteiger partial charge in [-0.1, -0.05) is 51.2 Å². The summed E-state index contributed by atoms with van der Waals surface area (Å²) in [5.74, 6) is -1.09. The SMILES string of the molecule is CCCCCCCCC=CC1=CC(=O)OC1=O. The molecule has 0 aliphatic carbocycles. The Labute approximate surface area is 103 Å². The molecule has 0 saturated heterocycles. The minimum absolute atomic E-state index is 0.362. The lowest BCUT2D eigenvalue weighted by Crippen LogP contribution is -2.00. The van der Waals surface area contributed by atoms with E-state index in [1.165, 1.54) is 38.2 Å². The van der Waals surface area contributed by atoms with Gasteiger partial charge in [-0.25, -0.2) is 9.59 Å². The summed E-state index contributed by atoms with van der Waals surface area (Å²) < 4.78 is 4.37. The van der Waals surface area contributed by atoms with Crippen LogP contribution >= 0.6 is 0 Å². The van der Waals surface area contributed by atoms with Crippen molar-refractivity contribution in [2.45, 2.75) is 51.9 Å². The highest BCUT2D eigenvalue weighted by Crippen LogP contribution is 2.11. The molecule has 1 rings (SSSR count). The summed E-state index contributed by atoms with van der Waals surface area (Å²) in [6, 6.07) is 0. The Morgan fingerprint density at radius 2 is 1.82 bits per heavy atom. The summed E-state index contributed by atoms with van der Waals surface area (Å²) in [5, 5.41) is 0. The van der Waals surface area contributed by atoms with Crippen LogP contribution in [-0.4, -0.2) is 11.9 Å². The number of carbonyl (C=O) groups excluding carboxylic acids is 2. The molecule has 0 atom stereocenters. The Hall–Kier alpha value is -1.38. The zero-order chi connectivity index (χ0) is 12.5. The molecule has 0 aromatic carbocycles. The number of ether oxygens (including phenoxy) is 1. The first kappa shape index (κ1) is 13.7. The zero-order valence-corrected chi connectivity index (χ0v) is 10.4. The van der Waals surface area contributed by atoms with Crippen LogP contribution in [0.1, 0.15) is 51.9 Å². The predicted octanol–water partition coefficient (Wildman–Crippen LogP) is 3.30. The van der Waals surface area contributed by atoms with Gasteiger partial charge >= 0.3 is 11.9 Å². The normalized spacial score (nSPS) is 15.5. The van der Waals surface area contributed by atoms with Crippen molar-refractivity contribution in [3.8, 4) is 0 Å². The molecule has 3 nitrogen and oxygen atoms in total. The molecule has 0 aromatic heterocycles. The molecule has 94 valence electrons. The molecule has 17 heavy (non-hydrogen) atoms. The molecule has 0 spiro atoms. The number of hydrogen-bond donors (Lipinski definition) is 0. The molecule has 1 heterocycles. The summed E-state index contributed by atoms with van der Waals surface area (Å²) >= 11 is 0. The predicted molar refractivity (Wildman–Crippen MR) is 66.3 cm³/mol. The number of carbonyl (C=O) groups is 2. The molecule has 1 aliphatic heterocycles. The minimum atomic E-state index is -0.561. The molecule has 0 aromatic rings. The van der Waals surface area contributed by atoms with Crippen LogP contribution in [-0.2, 0) is 14.3 Å². The van der Waals surface area contributed by atoms with Gasteiger partial charge in [0, 0.05) is 6.08 Å².